The van der Waals surface area contributed by atoms with Gasteiger partial charge in [-0.05, 0) is 5.56 Å². The van der Waals surface area contributed by atoms with Gasteiger partial charge in [0.15, 0.2) is 0 Å². The summed E-state index contributed by atoms with van der Waals surface area (Å²) < 4.78 is 2.91. The lowest BCUT2D eigenvalue weighted by molar-refractivity contribution is -0.639. The second-order valence-electron chi connectivity index (χ2n) is 3.32. The Morgan fingerprint density at radius 3 is 3.00 bits per heavy atom. The highest BCUT2D eigenvalue weighted by molar-refractivity contribution is 5.34. The molecule has 2 N–H and O–H groups in total. The molecule has 0 saturated carbocycles. The zero-order chi connectivity index (χ0) is 11.5. The van der Waals surface area contributed by atoms with E-state index in [4.69, 9.17) is 5.84 Å². The van der Waals surface area contributed by atoms with Gasteiger partial charge in [-0.25, -0.2) is 0 Å². The first-order valence-corrected chi connectivity index (χ1v) is 4.57. The van der Waals surface area contributed by atoms with E-state index in [-0.39, 0.29) is 5.69 Å². The quantitative estimate of drug-likeness (QED) is 0.337. The number of benzene rings is 1. The van der Waals surface area contributed by atoms with Crippen LogP contribution in [0.5, 0.6) is 0 Å². The van der Waals surface area contributed by atoms with Crippen molar-refractivity contribution >= 4 is 5.69 Å². The van der Waals surface area contributed by atoms with E-state index in [1.54, 1.807) is 23.1 Å². The van der Waals surface area contributed by atoms with Crippen LogP contribution in [0.4, 0.5) is 5.69 Å². The van der Waals surface area contributed by atoms with Crippen LogP contribution in [0.1, 0.15) is 5.56 Å². The van der Waals surface area contributed by atoms with Gasteiger partial charge in [-0.15, -0.1) is 9.36 Å². The highest BCUT2D eigenvalue weighted by atomic mass is 16.6. The smallest absolute Gasteiger partial charge is 0.286 e. The molecular formula is C9H10N5O2+. The Labute approximate surface area is 90.9 Å². The van der Waals surface area contributed by atoms with Gasteiger partial charge in [0.05, 0.1) is 4.92 Å². The summed E-state index contributed by atoms with van der Waals surface area (Å²) in [5, 5.41) is 14.5. The minimum absolute atomic E-state index is 0.0743. The molecule has 0 atom stereocenters. The summed E-state index contributed by atoms with van der Waals surface area (Å²) in [6.45, 7) is 0.450. The fraction of sp³-hybridized carbons (Fsp3) is 0.111. The fourth-order valence-corrected chi connectivity index (χ4v) is 1.38. The molecule has 0 fully saturated rings. The third-order valence-electron chi connectivity index (χ3n) is 2.07. The van der Waals surface area contributed by atoms with Crippen LogP contribution in [-0.2, 0) is 6.54 Å². The Kier molecular flexibility index (Phi) is 2.50. The van der Waals surface area contributed by atoms with Crippen LogP contribution in [0.15, 0.2) is 36.9 Å². The molecule has 0 saturated heterocycles. The van der Waals surface area contributed by atoms with Gasteiger partial charge in [0, 0.05) is 17.2 Å². The number of aromatic nitrogens is 3. The number of nitrogens with two attached hydrogens (primary N) is 1. The van der Waals surface area contributed by atoms with Gasteiger partial charge in [0.2, 0.25) is 6.33 Å². The summed E-state index contributed by atoms with van der Waals surface area (Å²) in [6.07, 6.45) is 3.05. The second kappa shape index (κ2) is 3.97. The molecule has 0 bridgehead atoms. The van der Waals surface area contributed by atoms with E-state index >= 15 is 0 Å². The lowest BCUT2D eigenvalue weighted by Gasteiger charge is -1.96. The van der Waals surface area contributed by atoms with E-state index in [0.717, 1.165) is 5.56 Å². The molecule has 7 nitrogen and oxygen atoms in total. The van der Waals surface area contributed by atoms with Gasteiger partial charge in [0.1, 0.15) is 6.54 Å². The molecule has 82 valence electrons. The lowest BCUT2D eigenvalue weighted by atomic mass is 10.2. The minimum atomic E-state index is -0.421. The molecule has 0 aliphatic rings. The van der Waals surface area contributed by atoms with Crippen molar-refractivity contribution in [3.63, 3.8) is 0 Å². The van der Waals surface area contributed by atoms with Crippen LogP contribution in [0.25, 0.3) is 0 Å². The average molecular weight is 220 g/mol. The maximum absolute atomic E-state index is 10.6. The zero-order valence-electron chi connectivity index (χ0n) is 8.35. The van der Waals surface area contributed by atoms with Gasteiger partial charge in [-0.2, -0.15) is 0 Å². The number of nitrogens with zero attached hydrogens (tertiary/aromatic N) is 4. The number of rotatable bonds is 3. The third-order valence-corrected chi connectivity index (χ3v) is 2.07. The Bertz CT molecular complexity index is 522. The van der Waals surface area contributed by atoms with Crippen LogP contribution in [-0.4, -0.2) is 14.7 Å². The normalized spacial score (nSPS) is 10.2. The number of nitrogen functional groups attached to an aromatic ring is 1. The number of hydrogen-bond donors (Lipinski definition) is 1. The second-order valence-corrected chi connectivity index (χ2v) is 3.32. The zero-order valence-corrected chi connectivity index (χ0v) is 8.35. The highest BCUT2D eigenvalue weighted by Crippen LogP contribution is 2.13. The van der Waals surface area contributed by atoms with Crippen molar-refractivity contribution in [3.8, 4) is 0 Å². The molecule has 0 spiro atoms. The largest absolute Gasteiger partial charge is 0.289 e. The molecule has 0 amide bonds. The number of hydrogen-bond acceptors (Lipinski definition) is 4. The molecule has 0 radical (unpaired) electrons. The van der Waals surface area contributed by atoms with Gasteiger partial charge in [0.25, 0.3) is 12.0 Å². The van der Waals surface area contributed by atoms with Crippen molar-refractivity contribution in [2.75, 3.05) is 5.84 Å². The predicted molar refractivity (Wildman–Crippen MR) is 54.8 cm³/mol. The van der Waals surface area contributed by atoms with Gasteiger partial charge >= 0.3 is 0 Å². The summed E-state index contributed by atoms with van der Waals surface area (Å²) in [5.74, 6) is 5.44. The van der Waals surface area contributed by atoms with Crippen molar-refractivity contribution in [1.82, 2.24) is 9.78 Å². The van der Waals surface area contributed by atoms with Crippen molar-refractivity contribution in [2.45, 2.75) is 6.54 Å². The van der Waals surface area contributed by atoms with E-state index in [0.29, 0.717) is 6.54 Å². The molecule has 2 aromatic rings. The Balaban J connectivity index is 2.21. The summed E-state index contributed by atoms with van der Waals surface area (Å²) in [7, 11) is 0. The molecule has 0 aliphatic carbocycles. The summed E-state index contributed by atoms with van der Waals surface area (Å²) in [4.78, 5) is 10.1. The molecule has 16 heavy (non-hydrogen) atoms. The van der Waals surface area contributed by atoms with Crippen molar-refractivity contribution in [3.05, 3.63) is 52.6 Å². The van der Waals surface area contributed by atoms with Crippen molar-refractivity contribution in [2.24, 2.45) is 0 Å². The van der Waals surface area contributed by atoms with Crippen LogP contribution < -0.4 is 10.5 Å². The summed E-state index contributed by atoms with van der Waals surface area (Å²) in [6, 6.07) is 6.42. The van der Waals surface area contributed by atoms with Gasteiger partial charge < -0.3 is 0 Å². The molecular weight excluding hydrogens is 210 g/mol. The Hall–Kier alpha value is -2.44. The van der Waals surface area contributed by atoms with E-state index in [1.807, 2.05) is 0 Å². The Morgan fingerprint density at radius 1 is 1.56 bits per heavy atom. The Morgan fingerprint density at radius 2 is 2.38 bits per heavy atom. The van der Waals surface area contributed by atoms with Crippen molar-refractivity contribution in [1.29, 1.82) is 0 Å². The maximum Gasteiger partial charge on any atom is 0.286 e. The SMILES string of the molecule is N[n+]1cnn(Cc2cccc([N+](=O)[O-])c2)c1. The van der Waals surface area contributed by atoms with E-state index in [9.17, 15) is 10.1 Å². The average Bonchev–Trinajstić information content (AvgIpc) is 2.64. The standard InChI is InChI=1S/C9H10N5O2/c10-12-6-11-13(7-12)5-8-2-1-3-9(4-8)14(15)16/h1-4,6-7H,5,10H2/q+1. The molecule has 7 heteroatoms. The number of non-ortho nitro benzene ring substituents is 1. The van der Waals surface area contributed by atoms with E-state index in [1.165, 1.54) is 23.1 Å². The molecule has 0 unspecified atom stereocenters. The number of nitro groups is 1. The van der Waals surface area contributed by atoms with E-state index in [2.05, 4.69) is 5.10 Å². The van der Waals surface area contributed by atoms with Gasteiger partial charge in [-0.1, -0.05) is 12.1 Å². The van der Waals surface area contributed by atoms with Crippen LogP contribution in [0.3, 0.4) is 0 Å². The minimum Gasteiger partial charge on any atom is -0.289 e. The first-order chi connectivity index (χ1) is 7.65. The number of nitro benzene ring substituents is 1. The molecule has 1 heterocycles. The third kappa shape index (κ3) is 2.14. The first-order valence-electron chi connectivity index (χ1n) is 4.57. The van der Waals surface area contributed by atoms with Gasteiger partial charge in [-0.3, -0.25) is 16.0 Å². The topological polar surface area (TPSA) is 90.9 Å². The maximum atomic E-state index is 10.6. The van der Waals surface area contributed by atoms with Crippen LogP contribution in [0.2, 0.25) is 0 Å². The fourth-order valence-electron chi connectivity index (χ4n) is 1.38. The first kappa shape index (κ1) is 10.1. The summed E-state index contributed by atoms with van der Waals surface area (Å²) >= 11 is 0. The predicted octanol–water partition coefficient (Wildman–Crippen LogP) is -0.159. The van der Waals surface area contributed by atoms with Crippen LogP contribution in [0, 0.1) is 10.1 Å². The lowest BCUT2D eigenvalue weighted by Crippen LogP contribution is -2.42. The molecule has 1 aromatic carbocycles. The highest BCUT2D eigenvalue weighted by Gasteiger charge is 2.09. The molecule has 1 aromatic heterocycles. The van der Waals surface area contributed by atoms with Crippen LogP contribution >= 0.6 is 0 Å². The molecule has 2 rings (SSSR count). The van der Waals surface area contributed by atoms with Crippen molar-refractivity contribution < 1.29 is 9.60 Å². The summed E-state index contributed by atoms with van der Waals surface area (Å²) in [5.41, 5.74) is 0.878. The monoisotopic (exact) mass is 220 g/mol. The van der Waals surface area contributed by atoms with E-state index < -0.39 is 4.92 Å². The molecule has 0 aliphatic heterocycles.